The highest BCUT2D eigenvalue weighted by Gasteiger charge is 2.45. The van der Waals surface area contributed by atoms with E-state index in [0.29, 0.717) is 39.1 Å². The van der Waals surface area contributed by atoms with Gasteiger partial charge in [0, 0.05) is 25.9 Å². The van der Waals surface area contributed by atoms with E-state index in [1.165, 1.54) is 0 Å². The number of hydrogen-bond acceptors (Lipinski definition) is 4. The van der Waals surface area contributed by atoms with Gasteiger partial charge in [0.1, 0.15) is 5.41 Å². The average molecular weight is 360 g/mol. The molecule has 26 heavy (non-hydrogen) atoms. The zero-order chi connectivity index (χ0) is 18.8. The minimum absolute atomic E-state index is 0.150. The topological polar surface area (TPSA) is 67.9 Å². The third-order valence-electron chi connectivity index (χ3n) is 5.38. The number of carbonyl (C=O) groups is 2. The Morgan fingerprint density at radius 3 is 2.27 bits per heavy atom. The van der Waals surface area contributed by atoms with Crippen LogP contribution in [0.4, 0.5) is 0 Å². The van der Waals surface area contributed by atoms with Gasteiger partial charge in [-0.3, -0.25) is 9.59 Å². The summed E-state index contributed by atoms with van der Waals surface area (Å²) in [4.78, 5) is 27.5. The maximum absolute atomic E-state index is 13.0. The van der Waals surface area contributed by atoms with Crippen molar-refractivity contribution in [1.82, 2.24) is 10.2 Å². The first-order chi connectivity index (χ1) is 12.3. The molecule has 2 amide bonds. The van der Waals surface area contributed by atoms with E-state index in [0.717, 1.165) is 5.56 Å². The predicted molar refractivity (Wildman–Crippen MR) is 97.2 cm³/mol. The Bertz CT molecular complexity index is 643. The maximum atomic E-state index is 13.0. The van der Waals surface area contributed by atoms with Gasteiger partial charge in [-0.2, -0.15) is 0 Å². The predicted octanol–water partition coefficient (Wildman–Crippen LogP) is 2.26. The SMILES string of the molecule is CC(NC(=O)C(C)(C)C(=O)N1CCC2(CC1)OCCO2)c1ccccc1. The molecule has 0 aromatic heterocycles. The minimum atomic E-state index is -1.12. The Morgan fingerprint density at radius 1 is 1.12 bits per heavy atom. The molecule has 1 aromatic rings. The first-order valence-electron chi connectivity index (χ1n) is 9.27. The molecule has 0 bridgehead atoms. The summed E-state index contributed by atoms with van der Waals surface area (Å²) in [5, 5.41) is 2.97. The smallest absolute Gasteiger partial charge is 0.237 e. The molecule has 6 nitrogen and oxygen atoms in total. The van der Waals surface area contributed by atoms with Crippen LogP contribution in [0.1, 0.15) is 45.2 Å². The molecule has 1 N–H and O–H groups in total. The highest BCUT2D eigenvalue weighted by atomic mass is 16.7. The second-order valence-electron chi connectivity index (χ2n) is 7.63. The van der Waals surface area contributed by atoms with Crippen molar-refractivity contribution in [3.8, 4) is 0 Å². The lowest BCUT2D eigenvalue weighted by Crippen LogP contribution is -2.54. The molecule has 3 rings (SSSR count). The van der Waals surface area contributed by atoms with Gasteiger partial charge in [-0.25, -0.2) is 0 Å². The Balaban J connectivity index is 1.59. The molecule has 1 spiro atoms. The average Bonchev–Trinajstić information content (AvgIpc) is 3.10. The van der Waals surface area contributed by atoms with E-state index in [4.69, 9.17) is 9.47 Å². The third-order valence-corrected chi connectivity index (χ3v) is 5.38. The summed E-state index contributed by atoms with van der Waals surface area (Å²) in [5.41, 5.74) is -0.107. The van der Waals surface area contributed by atoms with Crippen molar-refractivity contribution in [2.45, 2.75) is 45.4 Å². The van der Waals surface area contributed by atoms with E-state index in [1.54, 1.807) is 18.7 Å². The van der Waals surface area contributed by atoms with E-state index < -0.39 is 11.2 Å². The van der Waals surface area contributed by atoms with Crippen LogP contribution in [0, 0.1) is 5.41 Å². The second kappa shape index (κ2) is 7.37. The number of nitrogens with one attached hydrogen (secondary N) is 1. The monoisotopic (exact) mass is 360 g/mol. The molecule has 142 valence electrons. The van der Waals surface area contributed by atoms with Gasteiger partial charge in [0.2, 0.25) is 11.8 Å². The molecule has 2 fully saturated rings. The molecule has 1 unspecified atom stereocenters. The Hall–Kier alpha value is -1.92. The molecular formula is C20H28N2O4. The van der Waals surface area contributed by atoms with Crippen LogP contribution in [0.25, 0.3) is 0 Å². The van der Waals surface area contributed by atoms with Crippen molar-refractivity contribution in [3.63, 3.8) is 0 Å². The summed E-state index contributed by atoms with van der Waals surface area (Å²) in [6.07, 6.45) is 1.30. The summed E-state index contributed by atoms with van der Waals surface area (Å²) in [5.74, 6) is -0.930. The Kier molecular flexibility index (Phi) is 5.34. The molecule has 2 saturated heterocycles. The Labute approximate surface area is 154 Å². The van der Waals surface area contributed by atoms with Gasteiger partial charge in [-0.05, 0) is 26.3 Å². The standard InChI is InChI=1S/C20H28N2O4/c1-15(16-7-5-4-6-8-16)21-17(23)19(2,3)18(24)22-11-9-20(10-12-22)25-13-14-26-20/h4-8,15H,9-14H2,1-3H3,(H,21,23). The number of piperidine rings is 1. The number of carbonyl (C=O) groups excluding carboxylic acids is 2. The third kappa shape index (κ3) is 3.76. The zero-order valence-corrected chi connectivity index (χ0v) is 15.8. The quantitative estimate of drug-likeness (QED) is 0.837. The van der Waals surface area contributed by atoms with Crippen molar-refractivity contribution in [1.29, 1.82) is 0 Å². The van der Waals surface area contributed by atoms with E-state index in [2.05, 4.69) is 5.32 Å². The Morgan fingerprint density at radius 2 is 1.69 bits per heavy atom. The van der Waals surface area contributed by atoms with Crippen LogP contribution in [0.3, 0.4) is 0 Å². The van der Waals surface area contributed by atoms with Crippen LogP contribution in [-0.2, 0) is 19.1 Å². The lowest BCUT2D eigenvalue weighted by molar-refractivity contribution is -0.189. The van der Waals surface area contributed by atoms with Gasteiger partial charge in [0.05, 0.1) is 19.3 Å². The van der Waals surface area contributed by atoms with Crippen molar-refractivity contribution >= 4 is 11.8 Å². The van der Waals surface area contributed by atoms with E-state index in [1.807, 2.05) is 37.3 Å². The number of hydrogen-bond donors (Lipinski definition) is 1. The number of amides is 2. The number of benzene rings is 1. The summed E-state index contributed by atoms with van der Waals surface area (Å²) < 4.78 is 11.4. The fourth-order valence-electron chi connectivity index (χ4n) is 3.53. The van der Waals surface area contributed by atoms with Crippen molar-refractivity contribution < 1.29 is 19.1 Å². The second-order valence-corrected chi connectivity index (χ2v) is 7.63. The lowest BCUT2D eigenvalue weighted by Gasteiger charge is -2.40. The number of likely N-dealkylation sites (tertiary alicyclic amines) is 1. The molecule has 2 aliphatic heterocycles. The normalized spacial score (nSPS) is 20.8. The molecular weight excluding hydrogens is 332 g/mol. The minimum Gasteiger partial charge on any atom is -0.349 e. The summed E-state index contributed by atoms with van der Waals surface area (Å²) in [6.45, 7) is 7.61. The molecule has 0 aliphatic carbocycles. The van der Waals surface area contributed by atoms with Crippen LogP contribution in [0.15, 0.2) is 30.3 Å². The van der Waals surface area contributed by atoms with Crippen molar-refractivity contribution in [2.75, 3.05) is 26.3 Å². The van der Waals surface area contributed by atoms with E-state index >= 15 is 0 Å². The molecule has 1 aromatic carbocycles. The summed E-state index contributed by atoms with van der Waals surface area (Å²) >= 11 is 0. The molecule has 0 radical (unpaired) electrons. The molecule has 2 heterocycles. The molecule has 0 saturated carbocycles. The van der Waals surface area contributed by atoms with Crippen LogP contribution in [0.2, 0.25) is 0 Å². The summed E-state index contributed by atoms with van der Waals surface area (Å²) in [6, 6.07) is 9.58. The molecule has 6 heteroatoms. The first-order valence-corrected chi connectivity index (χ1v) is 9.27. The number of rotatable bonds is 4. The van der Waals surface area contributed by atoms with Crippen LogP contribution in [-0.4, -0.2) is 48.8 Å². The van der Waals surface area contributed by atoms with Gasteiger partial charge >= 0.3 is 0 Å². The van der Waals surface area contributed by atoms with Gasteiger partial charge in [0.15, 0.2) is 5.79 Å². The number of ether oxygens (including phenoxy) is 2. The maximum Gasteiger partial charge on any atom is 0.237 e. The van der Waals surface area contributed by atoms with Crippen LogP contribution >= 0.6 is 0 Å². The van der Waals surface area contributed by atoms with Gasteiger partial charge in [-0.15, -0.1) is 0 Å². The summed E-state index contributed by atoms with van der Waals surface area (Å²) in [7, 11) is 0. The van der Waals surface area contributed by atoms with E-state index in [-0.39, 0.29) is 17.9 Å². The van der Waals surface area contributed by atoms with Gasteiger partial charge in [0.25, 0.3) is 0 Å². The molecule has 2 aliphatic rings. The lowest BCUT2D eigenvalue weighted by atomic mass is 9.88. The van der Waals surface area contributed by atoms with Gasteiger partial charge < -0.3 is 19.7 Å². The van der Waals surface area contributed by atoms with Crippen LogP contribution in [0.5, 0.6) is 0 Å². The van der Waals surface area contributed by atoms with E-state index in [9.17, 15) is 9.59 Å². The first kappa shape index (κ1) is 18.9. The highest BCUT2D eigenvalue weighted by Crippen LogP contribution is 2.33. The highest BCUT2D eigenvalue weighted by molar-refractivity contribution is 6.04. The van der Waals surface area contributed by atoms with Gasteiger partial charge in [-0.1, -0.05) is 30.3 Å². The fraction of sp³-hybridized carbons (Fsp3) is 0.600. The zero-order valence-electron chi connectivity index (χ0n) is 15.8. The van der Waals surface area contributed by atoms with Crippen molar-refractivity contribution in [2.24, 2.45) is 5.41 Å². The largest absolute Gasteiger partial charge is 0.349 e. The van der Waals surface area contributed by atoms with Crippen molar-refractivity contribution in [3.05, 3.63) is 35.9 Å². The number of nitrogens with zero attached hydrogens (tertiary/aromatic N) is 1. The molecule has 1 atom stereocenters. The fourth-order valence-corrected chi connectivity index (χ4v) is 3.53. The van der Waals surface area contributed by atoms with Crippen LogP contribution < -0.4 is 5.32 Å².